The Kier molecular flexibility index (Phi) is 4.32. The van der Waals surface area contributed by atoms with Crippen LogP contribution in [0.3, 0.4) is 0 Å². The molecule has 0 heterocycles. The van der Waals surface area contributed by atoms with Gasteiger partial charge in [0.2, 0.25) is 0 Å². The largest absolute Gasteiger partial charge is 0.399 e. The number of hydrogen-bond acceptors (Lipinski definition) is 3. The van der Waals surface area contributed by atoms with Crippen molar-refractivity contribution in [3.63, 3.8) is 0 Å². The van der Waals surface area contributed by atoms with Crippen molar-refractivity contribution in [3.05, 3.63) is 34.3 Å². The predicted octanol–water partition coefficient (Wildman–Crippen LogP) is 2.65. The summed E-state index contributed by atoms with van der Waals surface area (Å²) in [6, 6.07) is 7.21. The van der Waals surface area contributed by atoms with Gasteiger partial charge in [-0.1, -0.05) is 33.2 Å². The number of nitrogens with zero attached hydrogens (tertiary/aromatic N) is 1. The lowest BCUT2D eigenvalue weighted by Crippen LogP contribution is -1.99. The van der Waals surface area contributed by atoms with Gasteiger partial charge >= 0.3 is 0 Å². The molecular weight excluding hydrogens is 246 g/mol. The average molecular weight is 256 g/mol. The van der Waals surface area contributed by atoms with Crippen LogP contribution < -0.4 is 0 Å². The monoisotopic (exact) mass is 255 g/mol. The van der Waals surface area contributed by atoms with Gasteiger partial charge < -0.3 is 4.84 Å². The van der Waals surface area contributed by atoms with E-state index in [1.807, 2.05) is 12.1 Å². The van der Waals surface area contributed by atoms with E-state index in [1.165, 1.54) is 13.3 Å². The third-order valence-electron chi connectivity index (χ3n) is 1.62. The van der Waals surface area contributed by atoms with Crippen molar-refractivity contribution in [1.82, 2.24) is 0 Å². The zero-order chi connectivity index (χ0) is 10.4. The first-order valence-corrected chi connectivity index (χ1v) is 4.87. The number of benzene rings is 1. The minimum absolute atomic E-state index is 0.0262. The van der Waals surface area contributed by atoms with E-state index in [2.05, 4.69) is 25.9 Å². The highest BCUT2D eigenvalue weighted by Gasteiger charge is 2.02. The van der Waals surface area contributed by atoms with Crippen LogP contribution in [-0.4, -0.2) is 19.1 Å². The molecule has 0 radical (unpaired) electrons. The molecule has 4 heteroatoms. The van der Waals surface area contributed by atoms with Crippen LogP contribution in [0.2, 0.25) is 0 Å². The minimum Gasteiger partial charge on any atom is -0.399 e. The van der Waals surface area contributed by atoms with Gasteiger partial charge in [-0.2, -0.15) is 0 Å². The van der Waals surface area contributed by atoms with E-state index in [1.54, 1.807) is 12.1 Å². The summed E-state index contributed by atoms with van der Waals surface area (Å²) in [5, 5.41) is 3.50. The summed E-state index contributed by atoms with van der Waals surface area (Å²) in [5.41, 5.74) is 0.677. The van der Waals surface area contributed by atoms with Crippen molar-refractivity contribution in [2.45, 2.75) is 6.42 Å². The molecule has 0 bridgehead atoms. The standard InChI is InChI=1S/C10H10BrNO2/c1-14-12-7-6-10(13)8-2-4-9(11)5-3-8/h2-5,7H,6H2,1H3/b12-7+. The van der Waals surface area contributed by atoms with Gasteiger partial charge in [-0.05, 0) is 12.1 Å². The van der Waals surface area contributed by atoms with Gasteiger partial charge in [-0.15, -0.1) is 0 Å². The molecule has 0 fully saturated rings. The normalized spacial score (nSPS) is 10.4. The Morgan fingerprint density at radius 1 is 1.50 bits per heavy atom. The van der Waals surface area contributed by atoms with Gasteiger partial charge in [0.15, 0.2) is 5.78 Å². The van der Waals surface area contributed by atoms with Crippen molar-refractivity contribution in [3.8, 4) is 0 Å². The third-order valence-corrected chi connectivity index (χ3v) is 2.15. The number of carbonyl (C=O) groups is 1. The van der Waals surface area contributed by atoms with E-state index < -0.39 is 0 Å². The summed E-state index contributed by atoms with van der Waals surface area (Å²) < 4.78 is 0.958. The molecule has 0 aromatic heterocycles. The number of carbonyl (C=O) groups excluding carboxylic acids is 1. The van der Waals surface area contributed by atoms with E-state index in [9.17, 15) is 4.79 Å². The van der Waals surface area contributed by atoms with Crippen LogP contribution in [0.5, 0.6) is 0 Å². The number of ketones is 1. The van der Waals surface area contributed by atoms with Gasteiger partial charge in [0.05, 0.1) is 6.21 Å². The lowest BCUT2D eigenvalue weighted by molar-refractivity contribution is 0.1000. The van der Waals surface area contributed by atoms with E-state index in [0.29, 0.717) is 5.56 Å². The molecule has 0 saturated heterocycles. The molecule has 0 aliphatic carbocycles. The lowest BCUT2D eigenvalue weighted by Gasteiger charge is -1.96. The number of halogens is 1. The van der Waals surface area contributed by atoms with Crippen molar-refractivity contribution in [2.24, 2.45) is 5.16 Å². The third kappa shape index (κ3) is 3.30. The maximum atomic E-state index is 11.5. The van der Waals surface area contributed by atoms with Gasteiger partial charge in [0.1, 0.15) is 7.11 Å². The van der Waals surface area contributed by atoms with Crippen LogP contribution in [-0.2, 0) is 4.84 Å². The second-order valence-electron chi connectivity index (χ2n) is 2.60. The maximum Gasteiger partial charge on any atom is 0.168 e. The van der Waals surface area contributed by atoms with Crippen LogP contribution in [0.1, 0.15) is 16.8 Å². The van der Waals surface area contributed by atoms with Crippen LogP contribution in [0.4, 0.5) is 0 Å². The van der Waals surface area contributed by atoms with Crippen molar-refractivity contribution >= 4 is 27.9 Å². The van der Waals surface area contributed by atoms with E-state index in [-0.39, 0.29) is 12.2 Å². The highest BCUT2D eigenvalue weighted by molar-refractivity contribution is 9.10. The van der Waals surface area contributed by atoms with E-state index in [0.717, 1.165) is 4.47 Å². The Hall–Kier alpha value is -1.16. The summed E-state index contributed by atoms with van der Waals surface area (Å²) in [5.74, 6) is 0.0262. The molecule has 3 nitrogen and oxygen atoms in total. The highest BCUT2D eigenvalue weighted by Crippen LogP contribution is 2.11. The molecule has 74 valence electrons. The topological polar surface area (TPSA) is 38.7 Å². The summed E-state index contributed by atoms with van der Waals surface area (Å²) in [7, 11) is 1.45. The molecule has 0 saturated carbocycles. The van der Waals surface area contributed by atoms with Gasteiger partial charge in [-0.3, -0.25) is 4.79 Å². The Balaban J connectivity index is 2.61. The molecule has 0 amide bonds. The van der Waals surface area contributed by atoms with Gasteiger partial charge in [-0.25, -0.2) is 0 Å². The molecule has 14 heavy (non-hydrogen) atoms. The van der Waals surface area contributed by atoms with Gasteiger partial charge in [0.25, 0.3) is 0 Å². The summed E-state index contributed by atoms with van der Waals surface area (Å²) in [6.45, 7) is 0. The summed E-state index contributed by atoms with van der Waals surface area (Å²) in [4.78, 5) is 15.9. The summed E-state index contributed by atoms with van der Waals surface area (Å²) in [6.07, 6.45) is 1.71. The Morgan fingerprint density at radius 3 is 2.71 bits per heavy atom. The molecule has 0 aliphatic rings. The van der Waals surface area contributed by atoms with Crippen LogP contribution in [0.15, 0.2) is 33.9 Å². The smallest absolute Gasteiger partial charge is 0.168 e. The van der Waals surface area contributed by atoms with Crippen molar-refractivity contribution < 1.29 is 9.63 Å². The molecule has 1 aromatic carbocycles. The quantitative estimate of drug-likeness (QED) is 0.472. The molecule has 0 unspecified atom stereocenters. The molecular formula is C10H10BrNO2. The first-order valence-electron chi connectivity index (χ1n) is 4.08. The van der Waals surface area contributed by atoms with Crippen LogP contribution >= 0.6 is 15.9 Å². The Morgan fingerprint density at radius 2 is 2.14 bits per heavy atom. The molecule has 0 spiro atoms. The number of rotatable bonds is 4. The van der Waals surface area contributed by atoms with Crippen molar-refractivity contribution in [2.75, 3.05) is 7.11 Å². The predicted molar refractivity (Wildman–Crippen MR) is 58.6 cm³/mol. The van der Waals surface area contributed by atoms with Crippen LogP contribution in [0.25, 0.3) is 0 Å². The fourth-order valence-corrected chi connectivity index (χ4v) is 1.21. The number of hydrogen-bond donors (Lipinski definition) is 0. The molecule has 0 N–H and O–H groups in total. The van der Waals surface area contributed by atoms with Gasteiger partial charge in [0, 0.05) is 16.5 Å². The second-order valence-corrected chi connectivity index (χ2v) is 3.52. The lowest BCUT2D eigenvalue weighted by atomic mass is 10.1. The minimum atomic E-state index is 0.0262. The number of oxime groups is 1. The average Bonchev–Trinajstić information content (AvgIpc) is 2.19. The molecule has 0 atom stereocenters. The maximum absolute atomic E-state index is 11.5. The Bertz CT molecular complexity index is 332. The zero-order valence-corrected chi connectivity index (χ0v) is 9.32. The Labute approximate surface area is 90.9 Å². The number of Topliss-reactive ketones (excluding diaryl/α,β-unsaturated/α-hetero) is 1. The fourth-order valence-electron chi connectivity index (χ4n) is 0.948. The first-order chi connectivity index (χ1) is 6.74. The van der Waals surface area contributed by atoms with E-state index >= 15 is 0 Å². The van der Waals surface area contributed by atoms with E-state index in [4.69, 9.17) is 0 Å². The molecule has 0 aliphatic heterocycles. The SMILES string of the molecule is CO/N=C/CC(=O)c1ccc(Br)cc1. The molecule has 1 rings (SSSR count). The summed E-state index contributed by atoms with van der Waals surface area (Å²) >= 11 is 3.30. The highest BCUT2D eigenvalue weighted by atomic mass is 79.9. The first kappa shape index (κ1) is 10.9. The molecule has 1 aromatic rings. The fraction of sp³-hybridized carbons (Fsp3) is 0.200. The zero-order valence-electron chi connectivity index (χ0n) is 7.74. The second kappa shape index (κ2) is 5.54. The van der Waals surface area contributed by atoms with Crippen LogP contribution in [0, 0.1) is 0 Å². The van der Waals surface area contributed by atoms with Crippen molar-refractivity contribution in [1.29, 1.82) is 0 Å².